The second-order valence-electron chi connectivity index (χ2n) is 6.60. The molecule has 0 unspecified atom stereocenters. The zero-order valence-electron chi connectivity index (χ0n) is 15.7. The van der Waals surface area contributed by atoms with Gasteiger partial charge in [0.1, 0.15) is 5.65 Å². The van der Waals surface area contributed by atoms with Gasteiger partial charge in [-0.05, 0) is 41.8 Å². The van der Waals surface area contributed by atoms with E-state index in [4.69, 9.17) is 4.74 Å². The molecule has 4 rings (SSSR count). The maximum absolute atomic E-state index is 14.5. The highest BCUT2D eigenvalue weighted by atomic mass is 19.1. The fourth-order valence-electron chi connectivity index (χ4n) is 3.15. The third-order valence-corrected chi connectivity index (χ3v) is 4.54. The van der Waals surface area contributed by atoms with Gasteiger partial charge in [-0.1, -0.05) is 6.07 Å². The molecule has 0 amide bonds. The summed E-state index contributed by atoms with van der Waals surface area (Å²) in [5.74, 6) is 0.316. The molecule has 0 bridgehead atoms. The van der Waals surface area contributed by atoms with Gasteiger partial charge in [-0.15, -0.1) is 0 Å². The third kappa shape index (κ3) is 3.64. The first-order valence-electron chi connectivity index (χ1n) is 8.93. The van der Waals surface area contributed by atoms with E-state index < -0.39 is 5.82 Å². The first-order valence-corrected chi connectivity index (χ1v) is 8.93. The first kappa shape index (κ1) is 17.9. The summed E-state index contributed by atoms with van der Waals surface area (Å²) >= 11 is 0. The summed E-state index contributed by atoms with van der Waals surface area (Å²) in [7, 11) is 1.56. The maximum Gasteiger partial charge on any atom is 0.218 e. The zero-order chi connectivity index (χ0) is 19.5. The molecular formula is C21H20FN5O. The number of aromatic nitrogens is 4. The lowest BCUT2D eigenvalue weighted by molar-refractivity contribution is 0.393. The van der Waals surface area contributed by atoms with E-state index in [9.17, 15) is 4.39 Å². The molecule has 4 heterocycles. The predicted octanol–water partition coefficient (Wildman–Crippen LogP) is 4.01. The van der Waals surface area contributed by atoms with Crippen LogP contribution in [0.3, 0.4) is 0 Å². The highest BCUT2D eigenvalue weighted by Gasteiger charge is 2.10. The van der Waals surface area contributed by atoms with Gasteiger partial charge in [0.05, 0.1) is 7.11 Å². The predicted molar refractivity (Wildman–Crippen MR) is 106 cm³/mol. The number of aryl methyl sites for hydroxylation is 1. The van der Waals surface area contributed by atoms with Crippen LogP contribution in [0, 0.1) is 12.7 Å². The smallest absolute Gasteiger partial charge is 0.218 e. The van der Waals surface area contributed by atoms with Crippen molar-refractivity contribution in [3.8, 4) is 5.88 Å². The number of rotatable bonds is 6. The molecule has 0 radical (unpaired) electrons. The molecule has 0 aromatic carbocycles. The number of H-pyrrole nitrogens is 1. The Morgan fingerprint density at radius 1 is 1.14 bits per heavy atom. The van der Waals surface area contributed by atoms with Crippen LogP contribution in [0.15, 0.2) is 49.1 Å². The van der Waals surface area contributed by atoms with Gasteiger partial charge in [-0.2, -0.15) is 0 Å². The average molecular weight is 377 g/mol. The largest absolute Gasteiger partial charge is 0.481 e. The van der Waals surface area contributed by atoms with Gasteiger partial charge in [-0.3, -0.25) is 0 Å². The van der Waals surface area contributed by atoms with Gasteiger partial charge >= 0.3 is 0 Å². The number of nitrogens with zero attached hydrogens (tertiary/aromatic N) is 3. The van der Waals surface area contributed by atoms with E-state index in [2.05, 4.69) is 31.3 Å². The molecular weight excluding hydrogens is 357 g/mol. The van der Waals surface area contributed by atoms with Crippen LogP contribution in [0.25, 0.3) is 11.0 Å². The molecule has 0 aliphatic rings. The normalized spacial score (nSPS) is 11.0. The number of ether oxygens (including phenoxy) is 1. The van der Waals surface area contributed by atoms with Crippen molar-refractivity contribution in [3.05, 3.63) is 77.1 Å². The van der Waals surface area contributed by atoms with Gasteiger partial charge in [-0.25, -0.2) is 19.3 Å². The Morgan fingerprint density at radius 2 is 2.04 bits per heavy atom. The molecule has 0 aliphatic carbocycles. The quantitative estimate of drug-likeness (QED) is 0.531. The van der Waals surface area contributed by atoms with Crippen molar-refractivity contribution in [2.24, 2.45) is 0 Å². The van der Waals surface area contributed by atoms with Crippen molar-refractivity contribution < 1.29 is 9.13 Å². The molecule has 4 aromatic rings. The van der Waals surface area contributed by atoms with Crippen LogP contribution in [0.2, 0.25) is 0 Å². The van der Waals surface area contributed by atoms with Gasteiger partial charge in [0.25, 0.3) is 0 Å². The number of nitrogens with one attached hydrogen (secondary N) is 2. The van der Waals surface area contributed by atoms with Crippen LogP contribution in [-0.2, 0) is 13.0 Å². The number of fused-ring (bicyclic) bond motifs is 1. The number of hydrogen-bond donors (Lipinski definition) is 2. The van der Waals surface area contributed by atoms with Crippen LogP contribution in [0.1, 0.15) is 22.3 Å². The van der Waals surface area contributed by atoms with E-state index in [-0.39, 0.29) is 5.82 Å². The van der Waals surface area contributed by atoms with E-state index in [1.165, 1.54) is 6.07 Å². The molecule has 0 saturated carbocycles. The Morgan fingerprint density at radius 3 is 2.86 bits per heavy atom. The summed E-state index contributed by atoms with van der Waals surface area (Å²) < 4.78 is 19.8. The Hall–Kier alpha value is -3.48. The van der Waals surface area contributed by atoms with Crippen LogP contribution in [0.5, 0.6) is 5.88 Å². The Balaban J connectivity index is 1.50. The Labute approximate surface area is 161 Å². The first-order chi connectivity index (χ1) is 13.6. The number of aromatic amines is 1. The molecule has 0 spiro atoms. The Kier molecular flexibility index (Phi) is 4.89. The SMILES string of the molecule is COc1ncccc1CNc1ncc(Cc2c[nH]c3ncc(C)cc23)cc1F. The lowest BCUT2D eigenvalue weighted by atomic mass is 10.1. The van der Waals surface area contributed by atoms with Crippen molar-refractivity contribution in [1.29, 1.82) is 0 Å². The van der Waals surface area contributed by atoms with Gasteiger partial charge in [0.15, 0.2) is 11.6 Å². The van der Waals surface area contributed by atoms with Crippen molar-refractivity contribution >= 4 is 16.9 Å². The summed E-state index contributed by atoms with van der Waals surface area (Å²) in [6, 6.07) is 7.27. The summed E-state index contributed by atoms with van der Waals surface area (Å²) in [6.45, 7) is 2.37. The van der Waals surface area contributed by atoms with Gasteiger partial charge < -0.3 is 15.0 Å². The number of pyridine rings is 3. The number of hydrogen-bond acceptors (Lipinski definition) is 5. The van der Waals surface area contributed by atoms with Gasteiger partial charge in [0, 0.05) is 48.7 Å². The number of anilines is 1. The van der Waals surface area contributed by atoms with Crippen LogP contribution >= 0.6 is 0 Å². The fourth-order valence-corrected chi connectivity index (χ4v) is 3.15. The fraction of sp³-hybridized carbons (Fsp3) is 0.190. The summed E-state index contributed by atoms with van der Waals surface area (Å²) in [4.78, 5) is 15.9. The third-order valence-electron chi connectivity index (χ3n) is 4.54. The molecule has 142 valence electrons. The van der Waals surface area contributed by atoms with Gasteiger partial charge in [0.2, 0.25) is 5.88 Å². The molecule has 2 N–H and O–H groups in total. The number of methoxy groups -OCH3 is 1. The van der Waals surface area contributed by atoms with Crippen molar-refractivity contribution in [2.45, 2.75) is 19.9 Å². The highest BCUT2D eigenvalue weighted by Crippen LogP contribution is 2.22. The van der Waals surface area contributed by atoms with Crippen molar-refractivity contribution in [3.63, 3.8) is 0 Å². The molecule has 0 aliphatic heterocycles. The van der Waals surface area contributed by atoms with Crippen LogP contribution < -0.4 is 10.1 Å². The summed E-state index contributed by atoms with van der Waals surface area (Å²) in [5.41, 5.74) is 4.61. The average Bonchev–Trinajstić information content (AvgIpc) is 3.09. The lowest BCUT2D eigenvalue weighted by Crippen LogP contribution is -2.06. The molecule has 0 saturated heterocycles. The van der Waals surface area contributed by atoms with E-state index in [1.54, 1.807) is 19.5 Å². The maximum atomic E-state index is 14.5. The monoisotopic (exact) mass is 377 g/mol. The van der Waals surface area contributed by atoms with Crippen molar-refractivity contribution in [1.82, 2.24) is 19.9 Å². The second kappa shape index (κ2) is 7.64. The standard InChI is InChI=1S/C21H20FN5O/c1-13-6-17-16(12-26-19(17)24-9-13)7-14-8-18(22)20(25-10-14)27-11-15-4-3-5-23-21(15)28-2/h3-6,8-10,12H,7,11H2,1-2H3,(H,24,26)(H,25,27). The minimum absolute atomic E-state index is 0.200. The van der Waals surface area contributed by atoms with Crippen LogP contribution in [-0.4, -0.2) is 27.0 Å². The topological polar surface area (TPSA) is 75.7 Å². The zero-order valence-corrected chi connectivity index (χ0v) is 15.7. The van der Waals surface area contributed by atoms with Crippen molar-refractivity contribution in [2.75, 3.05) is 12.4 Å². The summed E-state index contributed by atoms with van der Waals surface area (Å²) in [6.07, 6.45) is 7.65. The van der Waals surface area contributed by atoms with Crippen LogP contribution in [0.4, 0.5) is 10.2 Å². The number of halogens is 1. The van der Waals surface area contributed by atoms with E-state index in [1.807, 2.05) is 31.5 Å². The molecule has 0 fully saturated rings. The second-order valence-corrected chi connectivity index (χ2v) is 6.60. The van der Waals surface area contributed by atoms with E-state index in [0.29, 0.717) is 18.8 Å². The van der Waals surface area contributed by atoms with E-state index >= 15 is 0 Å². The lowest BCUT2D eigenvalue weighted by Gasteiger charge is -2.10. The molecule has 0 atom stereocenters. The minimum atomic E-state index is -0.394. The summed E-state index contributed by atoms with van der Waals surface area (Å²) in [5, 5.41) is 4.05. The Bertz CT molecular complexity index is 1120. The molecule has 28 heavy (non-hydrogen) atoms. The molecule has 4 aromatic heterocycles. The minimum Gasteiger partial charge on any atom is -0.481 e. The molecule has 6 nitrogen and oxygen atoms in total. The molecule has 7 heteroatoms. The van der Waals surface area contributed by atoms with E-state index in [0.717, 1.165) is 33.3 Å². The highest BCUT2D eigenvalue weighted by molar-refractivity contribution is 5.80.